The molecule has 0 aromatic rings. The van der Waals surface area contributed by atoms with Gasteiger partial charge < -0.3 is 4.55 Å². The molecule has 0 aliphatic carbocycles. The molecular formula is C10H10F13NOS. The second-order valence-corrected chi connectivity index (χ2v) is 6.95. The summed E-state index contributed by atoms with van der Waals surface area (Å²) in [6.07, 6.45) is -9.95. The molecule has 0 aliphatic rings. The van der Waals surface area contributed by atoms with E-state index in [9.17, 15) is 61.6 Å². The highest BCUT2D eigenvalue weighted by Crippen LogP contribution is 2.60. The van der Waals surface area contributed by atoms with Gasteiger partial charge in [-0.1, -0.05) is 0 Å². The molecule has 2 unspecified atom stereocenters. The summed E-state index contributed by atoms with van der Waals surface area (Å²) in [6.45, 7) is 0.916. The van der Waals surface area contributed by atoms with Gasteiger partial charge in [0.2, 0.25) is 0 Å². The molecule has 0 amide bonds. The van der Waals surface area contributed by atoms with Crippen LogP contribution in [0.3, 0.4) is 0 Å². The second-order valence-electron chi connectivity index (χ2n) is 5.04. The van der Waals surface area contributed by atoms with Crippen molar-refractivity contribution in [3.05, 3.63) is 0 Å². The zero-order chi connectivity index (χ0) is 21.6. The van der Waals surface area contributed by atoms with E-state index >= 15 is 0 Å². The van der Waals surface area contributed by atoms with Crippen molar-refractivity contribution in [2.24, 2.45) is 5.73 Å². The summed E-state index contributed by atoms with van der Waals surface area (Å²) in [5, 5.41) is -1.43. The third-order valence-electron chi connectivity index (χ3n) is 3.03. The number of hydrogen-bond acceptors (Lipinski definition) is 2. The Morgan fingerprint density at radius 1 is 0.731 bits per heavy atom. The van der Waals surface area contributed by atoms with E-state index in [2.05, 4.69) is 0 Å². The third kappa shape index (κ3) is 3.95. The number of nitrogens with two attached hydrogens (primary N) is 1. The molecule has 0 bridgehead atoms. The van der Waals surface area contributed by atoms with Crippen molar-refractivity contribution in [2.45, 2.75) is 54.5 Å². The fourth-order valence-electron chi connectivity index (χ4n) is 1.37. The Morgan fingerprint density at radius 2 is 1.08 bits per heavy atom. The van der Waals surface area contributed by atoms with Gasteiger partial charge in [-0.2, -0.15) is 57.1 Å². The first-order valence-electron chi connectivity index (χ1n) is 6.16. The first kappa shape index (κ1) is 25.4. The third-order valence-corrected chi connectivity index (χ3v) is 4.47. The van der Waals surface area contributed by atoms with E-state index in [4.69, 9.17) is 5.73 Å². The summed E-state index contributed by atoms with van der Waals surface area (Å²) in [7, 11) is 0. The summed E-state index contributed by atoms with van der Waals surface area (Å²) in [4.78, 5) is 0. The average Bonchev–Trinajstić information content (AvgIpc) is 2.42. The fourth-order valence-corrected chi connectivity index (χ4v) is 2.20. The van der Waals surface area contributed by atoms with Crippen LogP contribution in [-0.2, 0) is 11.2 Å². The SMILES string of the molecule is CC(N)[S+]([O-])CCC(F)(F)C(F)(F)C(F)(F)C(F)(F)C(F)(F)C(F)(F)F. The smallest absolute Gasteiger partial charge is 0.460 e. The van der Waals surface area contributed by atoms with Gasteiger partial charge >= 0.3 is 35.8 Å². The van der Waals surface area contributed by atoms with Crippen LogP contribution in [0.2, 0.25) is 0 Å². The second kappa shape index (κ2) is 7.07. The molecule has 0 saturated carbocycles. The van der Waals surface area contributed by atoms with Crippen LogP contribution in [0.5, 0.6) is 0 Å². The monoisotopic (exact) mass is 439 g/mol. The van der Waals surface area contributed by atoms with Gasteiger partial charge in [0.05, 0.1) is 6.42 Å². The number of halogens is 13. The van der Waals surface area contributed by atoms with Gasteiger partial charge in [-0.15, -0.1) is 0 Å². The molecule has 0 aromatic heterocycles. The molecule has 0 aliphatic heterocycles. The maximum absolute atomic E-state index is 13.3. The van der Waals surface area contributed by atoms with E-state index < -0.39 is 64.5 Å². The molecule has 158 valence electrons. The highest BCUT2D eigenvalue weighted by atomic mass is 32.2. The maximum atomic E-state index is 13.3. The lowest BCUT2D eigenvalue weighted by atomic mass is 9.93. The first-order valence-corrected chi connectivity index (χ1v) is 7.54. The summed E-state index contributed by atoms with van der Waals surface area (Å²) < 4.78 is 177. The van der Waals surface area contributed by atoms with Crippen molar-refractivity contribution in [3.63, 3.8) is 0 Å². The van der Waals surface area contributed by atoms with Gasteiger partial charge in [0.1, 0.15) is 5.75 Å². The van der Waals surface area contributed by atoms with Crippen molar-refractivity contribution in [3.8, 4) is 0 Å². The zero-order valence-electron chi connectivity index (χ0n) is 12.3. The fraction of sp³-hybridized carbons (Fsp3) is 1.00. The molecule has 0 aromatic carbocycles. The van der Waals surface area contributed by atoms with Crippen LogP contribution in [0.4, 0.5) is 57.1 Å². The van der Waals surface area contributed by atoms with E-state index in [-0.39, 0.29) is 0 Å². The van der Waals surface area contributed by atoms with Gasteiger partial charge in [-0.05, 0) is 18.1 Å². The summed E-state index contributed by atoms with van der Waals surface area (Å²) in [6, 6.07) is 0. The normalized spacial score (nSPS) is 18.0. The minimum absolute atomic E-state index is 0.916. The molecule has 0 heterocycles. The predicted octanol–water partition coefficient (Wildman–Crippen LogP) is 4.17. The average molecular weight is 439 g/mol. The number of hydrogen-bond donors (Lipinski definition) is 1. The van der Waals surface area contributed by atoms with E-state index in [1.54, 1.807) is 0 Å². The van der Waals surface area contributed by atoms with Crippen molar-refractivity contribution in [1.82, 2.24) is 0 Å². The van der Waals surface area contributed by atoms with Gasteiger partial charge in [-0.3, -0.25) is 5.73 Å². The Hall–Kier alpha value is -0.640. The van der Waals surface area contributed by atoms with Gasteiger partial charge in [-0.25, -0.2) is 0 Å². The molecule has 2 N–H and O–H groups in total. The minimum Gasteiger partial charge on any atom is -0.615 e. The molecule has 0 rings (SSSR count). The molecule has 0 radical (unpaired) electrons. The van der Waals surface area contributed by atoms with Gasteiger partial charge in [0, 0.05) is 0 Å². The molecule has 0 saturated heterocycles. The van der Waals surface area contributed by atoms with Crippen LogP contribution in [0.15, 0.2) is 0 Å². The highest BCUT2D eigenvalue weighted by Gasteiger charge is 2.90. The van der Waals surface area contributed by atoms with E-state index in [1.165, 1.54) is 0 Å². The summed E-state index contributed by atoms with van der Waals surface area (Å²) >= 11 is -2.53. The summed E-state index contributed by atoms with van der Waals surface area (Å²) in [5.41, 5.74) is 4.91. The van der Waals surface area contributed by atoms with E-state index in [0.717, 1.165) is 6.92 Å². The summed E-state index contributed by atoms with van der Waals surface area (Å²) in [5.74, 6) is -38.6. The lowest BCUT2D eigenvalue weighted by Gasteiger charge is -2.39. The van der Waals surface area contributed by atoms with Crippen LogP contribution >= 0.6 is 0 Å². The molecular weight excluding hydrogens is 429 g/mol. The Bertz CT molecular complexity index is 490. The predicted molar refractivity (Wildman–Crippen MR) is 62.1 cm³/mol. The highest BCUT2D eigenvalue weighted by molar-refractivity contribution is 7.91. The van der Waals surface area contributed by atoms with Crippen molar-refractivity contribution in [1.29, 1.82) is 0 Å². The quantitative estimate of drug-likeness (QED) is 0.456. The van der Waals surface area contributed by atoms with Crippen molar-refractivity contribution >= 4 is 11.2 Å². The first-order chi connectivity index (χ1) is 11.1. The topological polar surface area (TPSA) is 49.1 Å². The Balaban J connectivity index is 5.93. The molecule has 16 heteroatoms. The number of alkyl halides is 13. The van der Waals surface area contributed by atoms with Crippen molar-refractivity contribution < 1.29 is 61.6 Å². The molecule has 2 nitrogen and oxygen atoms in total. The van der Waals surface area contributed by atoms with Gasteiger partial charge in [0.25, 0.3) is 0 Å². The van der Waals surface area contributed by atoms with Crippen LogP contribution in [0, 0.1) is 0 Å². The minimum atomic E-state index is -7.93. The maximum Gasteiger partial charge on any atom is 0.460 e. The molecule has 0 spiro atoms. The molecule has 26 heavy (non-hydrogen) atoms. The standard InChI is InChI=1S/C10H10F13NOS/c1-4(24)26(25)3-2-5(11,12)6(13,14)7(15,16)8(17,18)9(19,20)10(21,22)23/h4H,2-3,24H2,1H3. The zero-order valence-corrected chi connectivity index (χ0v) is 13.1. The molecule has 2 atom stereocenters. The molecule has 0 fully saturated rings. The Kier molecular flexibility index (Phi) is 6.90. The van der Waals surface area contributed by atoms with Gasteiger partial charge in [0.15, 0.2) is 5.37 Å². The van der Waals surface area contributed by atoms with Crippen LogP contribution in [-0.4, -0.2) is 51.5 Å². The van der Waals surface area contributed by atoms with Crippen LogP contribution < -0.4 is 5.73 Å². The van der Waals surface area contributed by atoms with Crippen LogP contribution in [0.25, 0.3) is 0 Å². The number of rotatable bonds is 8. The van der Waals surface area contributed by atoms with Crippen molar-refractivity contribution in [2.75, 3.05) is 5.75 Å². The largest absolute Gasteiger partial charge is 0.615 e. The Morgan fingerprint density at radius 3 is 1.38 bits per heavy atom. The van der Waals surface area contributed by atoms with E-state index in [1.807, 2.05) is 0 Å². The lowest BCUT2D eigenvalue weighted by molar-refractivity contribution is -0.439. The lowest BCUT2D eigenvalue weighted by Crippen LogP contribution is -2.70. The Labute approximate surface area is 140 Å². The van der Waals surface area contributed by atoms with E-state index in [0.29, 0.717) is 0 Å². The van der Waals surface area contributed by atoms with Crippen LogP contribution in [0.1, 0.15) is 13.3 Å².